The van der Waals surface area contributed by atoms with Gasteiger partial charge in [0.2, 0.25) is 0 Å². The zero-order valence-electron chi connectivity index (χ0n) is 14.9. The summed E-state index contributed by atoms with van der Waals surface area (Å²) in [6.07, 6.45) is 1.95. The Morgan fingerprint density at radius 2 is 1.54 bits per heavy atom. The Labute approximate surface area is 169 Å². The van der Waals surface area contributed by atoms with Crippen LogP contribution in [0.15, 0.2) is 77.4 Å². The summed E-state index contributed by atoms with van der Waals surface area (Å²) >= 11 is 3.23. The zero-order valence-corrected chi connectivity index (χ0v) is 16.5. The van der Waals surface area contributed by atoms with E-state index in [1.807, 2.05) is 6.20 Å². The average molecular weight is 435 g/mol. The molecule has 0 radical (unpaired) electrons. The molecule has 0 atom stereocenters. The highest BCUT2D eigenvalue weighted by Gasteiger charge is 2.12. The van der Waals surface area contributed by atoms with Crippen LogP contribution in [-0.2, 0) is 13.1 Å². The molecule has 0 aliphatic rings. The lowest BCUT2D eigenvalue weighted by Crippen LogP contribution is -2.01. The van der Waals surface area contributed by atoms with Crippen LogP contribution in [0.1, 0.15) is 11.3 Å². The predicted molar refractivity (Wildman–Crippen MR) is 112 cm³/mol. The van der Waals surface area contributed by atoms with Crippen LogP contribution in [-0.4, -0.2) is 19.6 Å². The first-order valence-corrected chi connectivity index (χ1v) is 9.77. The van der Waals surface area contributed by atoms with Crippen LogP contribution in [0.5, 0.6) is 0 Å². The van der Waals surface area contributed by atoms with E-state index in [1.54, 1.807) is 16.8 Å². The number of halogens is 2. The second-order valence-electron chi connectivity index (χ2n) is 6.78. The van der Waals surface area contributed by atoms with Crippen molar-refractivity contribution in [3.8, 4) is 0 Å². The number of benzene rings is 3. The largest absolute Gasteiger partial charge is 0.334 e. The van der Waals surface area contributed by atoms with Crippen LogP contribution < -0.4 is 0 Å². The summed E-state index contributed by atoms with van der Waals surface area (Å²) < 4.78 is 17.9. The van der Waals surface area contributed by atoms with Gasteiger partial charge in [-0.05, 0) is 45.8 Å². The molecule has 0 aliphatic carbocycles. The molecule has 0 unspecified atom stereocenters. The van der Waals surface area contributed by atoms with Gasteiger partial charge in [0.15, 0.2) is 0 Å². The minimum Gasteiger partial charge on any atom is -0.334 e. The van der Waals surface area contributed by atoms with Gasteiger partial charge in [-0.25, -0.2) is 9.07 Å². The van der Waals surface area contributed by atoms with E-state index < -0.39 is 0 Å². The van der Waals surface area contributed by atoms with E-state index in [9.17, 15) is 4.39 Å². The minimum atomic E-state index is -0.269. The Bertz CT molecular complexity index is 1250. The number of fused-ring (bicyclic) bond motifs is 3. The van der Waals surface area contributed by atoms with E-state index in [1.165, 1.54) is 27.9 Å². The molecule has 138 valence electrons. The molecule has 0 amide bonds. The smallest absolute Gasteiger partial charge is 0.137 e. The molecule has 0 saturated heterocycles. The summed E-state index contributed by atoms with van der Waals surface area (Å²) in [7, 11) is 0. The first-order chi connectivity index (χ1) is 13.7. The number of nitrogens with zero attached hydrogens (tertiary/aromatic N) is 4. The maximum Gasteiger partial charge on any atom is 0.137 e. The number of aromatic nitrogens is 4. The normalized spacial score (nSPS) is 11.5. The molecule has 0 aliphatic heterocycles. The van der Waals surface area contributed by atoms with Crippen molar-refractivity contribution in [1.29, 1.82) is 0 Å². The molecule has 0 bridgehead atoms. The van der Waals surface area contributed by atoms with Gasteiger partial charge in [-0.3, -0.25) is 0 Å². The number of hydrogen-bond acceptors (Lipinski definition) is 2. The lowest BCUT2D eigenvalue weighted by Gasteiger charge is -2.05. The summed E-state index contributed by atoms with van der Waals surface area (Å²) in [6.45, 7) is 1.18. The van der Waals surface area contributed by atoms with Crippen molar-refractivity contribution < 1.29 is 4.39 Å². The van der Waals surface area contributed by atoms with E-state index in [0.29, 0.717) is 17.6 Å². The van der Waals surface area contributed by atoms with Crippen LogP contribution in [0, 0.1) is 5.82 Å². The average Bonchev–Trinajstić information content (AvgIpc) is 3.28. The van der Waals surface area contributed by atoms with Gasteiger partial charge in [0.1, 0.15) is 11.5 Å². The van der Waals surface area contributed by atoms with E-state index >= 15 is 0 Å². The molecule has 0 N–H and O–H groups in total. The Balaban J connectivity index is 1.48. The Morgan fingerprint density at radius 1 is 0.857 bits per heavy atom. The number of hydrogen-bond donors (Lipinski definition) is 0. The number of para-hydroxylation sites is 2. The van der Waals surface area contributed by atoms with Crippen molar-refractivity contribution in [2.24, 2.45) is 0 Å². The molecule has 0 spiro atoms. The summed E-state index contributed by atoms with van der Waals surface area (Å²) in [4.78, 5) is 0. The van der Waals surface area contributed by atoms with Gasteiger partial charge in [-0.1, -0.05) is 47.7 Å². The molecule has 4 nitrogen and oxygen atoms in total. The highest BCUT2D eigenvalue weighted by Crippen LogP contribution is 2.29. The lowest BCUT2D eigenvalue weighted by atomic mass is 10.2. The van der Waals surface area contributed by atoms with E-state index in [0.717, 1.165) is 11.3 Å². The third-order valence-corrected chi connectivity index (χ3v) is 5.52. The Hall–Kier alpha value is -2.99. The highest BCUT2D eigenvalue weighted by molar-refractivity contribution is 9.10. The highest BCUT2D eigenvalue weighted by atomic mass is 79.9. The second-order valence-corrected chi connectivity index (χ2v) is 7.63. The van der Waals surface area contributed by atoms with Crippen molar-refractivity contribution in [3.63, 3.8) is 0 Å². The van der Waals surface area contributed by atoms with Gasteiger partial charge >= 0.3 is 0 Å². The maximum atomic E-state index is 13.4. The molecule has 0 fully saturated rings. The molecule has 3 aromatic carbocycles. The molecular weight excluding hydrogens is 419 g/mol. The van der Waals surface area contributed by atoms with Gasteiger partial charge in [0.05, 0.1) is 23.8 Å². The fourth-order valence-corrected chi connectivity index (χ4v) is 4.08. The monoisotopic (exact) mass is 434 g/mol. The van der Waals surface area contributed by atoms with Gasteiger partial charge in [-0.15, -0.1) is 5.10 Å². The maximum absolute atomic E-state index is 13.4. The van der Waals surface area contributed by atoms with Crippen molar-refractivity contribution >= 4 is 37.7 Å². The number of rotatable bonds is 4. The summed E-state index contributed by atoms with van der Waals surface area (Å²) in [5, 5.41) is 11.1. The zero-order chi connectivity index (χ0) is 19.1. The summed E-state index contributed by atoms with van der Waals surface area (Å²) in [5.41, 5.74) is 4.20. The van der Waals surface area contributed by atoms with Gasteiger partial charge in [-0.2, -0.15) is 0 Å². The van der Waals surface area contributed by atoms with Gasteiger partial charge in [0.25, 0.3) is 0 Å². The fourth-order valence-electron chi connectivity index (χ4n) is 3.65. The van der Waals surface area contributed by atoms with Crippen LogP contribution >= 0.6 is 15.9 Å². The molecule has 28 heavy (non-hydrogen) atoms. The molecule has 5 rings (SSSR count). The van der Waals surface area contributed by atoms with Crippen molar-refractivity contribution in [2.75, 3.05) is 0 Å². The molecular formula is C22H16BrFN4. The van der Waals surface area contributed by atoms with Crippen molar-refractivity contribution in [2.45, 2.75) is 13.1 Å². The first-order valence-electron chi connectivity index (χ1n) is 8.98. The minimum absolute atomic E-state index is 0.269. The van der Waals surface area contributed by atoms with Crippen LogP contribution in [0.4, 0.5) is 4.39 Å². The summed E-state index contributed by atoms with van der Waals surface area (Å²) in [5.74, 6) is -0.269. The van der Waals surface area contributed by atoms with E-state index in [2.05, 4.69) is 79.3 Å². The van der Waals surface area contributed by atoms with E-state index in [4.69, 9.17) is 0 Å². The lowest BCUT2D eigenvalue weighted by molar-refractivity contribution is 0.615. The van der Waals surface area contributed by atoms with Gasteiger partial charge in [0, 0.05) is 21.8 Å². The van der Waals surface area contributed by atoms with Crippen molar-refractivity contribution in [1.82, 2.24) is 19.6 Å². The topological polar surface area (TPSA) is 35.6 Å². The molecule has 0 saturated carbocycles. The first kappa shape index (κ1) is 17.1. The van der Waals surface area contributed by atoms with Crippen LogP contribution in [0.2, 0.25) is 0 Å². The fraction of sp³-hybridized carbons (Fsp3) is 0.0909. The van der Waals surface area contributed by atoms with Crippen molar-refractivity contribution in [3.05, 3.63) is 94.5 Å². The second kappa shape index (κ2) is 6.87. The van der Waals surface area contributed by atoms with Crippen LogP contribution in [0.3, 0.4) is 0 Å². The predicted octanol–water partition coefficient (Wildman–Crippen LogP) is 5.38. The standard InChI is InChI=1S/C22H16BrFN4/c23-19-11-15(9-10-20(19)24)12-27-13-16(25-26-27)14-28-21-7-3-1-5-17(21)18-6-2-4-8-22(18)28/h1-11,13H,12,14H2. The molecule has 2 heterocycles. The Kier molecular flexibility index (Phi) is 4.20. The molecule has 5 aromatic rings. The van der Waals surface area contributed by atoms with E-state index in [-0.39, 0.29) is 5.82 Å². The quantitative estimate of drug-likeness (QED) is 0.380. The third-order valence-electron chi connectivity index (χ3n) is 4.91. The molecule has 6 heteroatoms. The summed E-state index contributed by atoms with van der Waals surface area (Å²) in [6, 6.07) is 21.8. The van der Waals surface area contributed by atoms with Crippen LogP contribution in [0.25, 0.3) is 21.8 Å². The SMILES string of the molecule is Fc1ccc(Cn2cc(Cn3c4ccccc4c4ccccc43)nn2)cc1Br. The molecule has 2 aromatic heterocycles. The Morgan fingerprint density at radius 3 is 2.21 bits per heavy atom. The third kappa shape index (κ3) is 2.99. The van der Waals surface area contributed by atoms with Gasteiger partial charge < -0.3 is 4.57 Å².